The van der Waals surface area contributed by atoms with Crippen LogP contribution in [0.3, 0.4) is 0 Å². The van der Waals surface area contributed by atoms with Gasteiger partial charge in [0.15, 0.2) is 17.2 Å². The summed E-state index contributed by atoms with van der Waals surface area (Å²) in [6.07, 6.45) is 3.15. The number of hydrogen-bond donors (Lipinski definition) is 4. The van der Waals surface area contributed by atoms with Crippen molar-refractivity contribution in [3.8, 4) is 11.3 Å². The van der Waals surface area contributed by atoms with Gasteiger partial charge in [-0.2, -0.15) is 18.3 Å². The summed E-state index contributed by atoms with van der Waals surface area (Å²) in [5, 5.41) is 15.8. The second kappa shape index (κ2) is 13.1. The largest absolute Gasteiger partial charge is 0.483 e. The first-order valence-corrected chi connectivity index (χ1v) is 14.3. The average Bonchev–Trinajstić information content (AvgIpc) is 3.77. The minimum Gasteiger partial charge on any atom is -0.483 e. The average molecular weight is 648 g/mol. The number of carbonyl (C=O) groups excluding carboxylic acids is 2. The number of anilines is 2. The van der Waals surface area contributed by atoms with Crippen molar-refractivity contribution in [3.05, 3.63) is 59.3 Å². The number of carbonyl (C=O) groups is 3. The second-order valence-corrected chi connectivity index (χ2v) is 11.0. The number of amides is 2. The van der Waals surface area contributed by atoms with Crippen LogP contribution in [-0.2, 0) is 15.8 Å². The molecule has 238 valence electrons. The van der Waals surface area contributed by atoms with Gasteiger partial charge in [0.05, 0.1) is 28.0 Å². The van der Waals surface area contributed by atoms with Crippen LogP contribution in [0.25, 0.3) is 16.9 Å². The third-order valence-corrected chi connectivity index (χ3v) is 8.09. The summed E-state index contributed by atoms with van der Waals surface area (Å²) in [5.41, 5.74) is 6.06. The summed E-state index contributed by atoms with van der Waals surface area (Å²) in [4.78, 5) is 46.5. The SMILES string of the molecule is N[C@@H]1CC[C@H](C(=O)N2CCN(C(=O)c3ccc(Nc4nccn5c(-c6c[nH]nc6C(F)(F)F)cnc45)cc3Cl)CC2)C1.O=CO. The topological polar surface area (TPSA) is 175 Å². The third kappa shape index (κ3) is 6.71. The molecule has 1 aliphatic carbocycles. The van der Waals surface area contributed by atoms with E-state index in [2.05, 4.69) is 25.5 Å². The zero-order valence-electron chi connectivity index (χ0n) is 23.7. The third-order valence-electron chi connectivity index (χ3n) is 7.78. The van der Waals surface area contributed by atoms with Crippen LogP contribution in [0.1, 0.15) is 35.3 Å². The fourth-order valence-electron chi connectivity index (χ4n) is 5.61. The molecule has 0 bridgehead atoms. The van der Waals surface area contributed by atoms with Crippen LogP contribution in [0, 0.1) is 5.92 Å². The Labute approximate surface area is 259 Å². The van der Waals surface area contributed by atoms with Gasteiger partial charge < -0.3 is 26.0 Å². The molecule has 1 saturated heterocycles. The van der Waals surface area contributed by atoms with Crippen molar-refractivity contribution in [1.29, 1.82) is 0 Å². The summed E-state index contributed by atoms with van der Waals surface area (Å²) < 4.78 is 41.7. The number of alkyl halides is 3. The maximum atomic E-state index is 13.4. The van der Waals surface area contributed by atoms with Crippen LogP contribution in [0.4, 0.5) is 24.7 Å². The molecular weight excluding hydrogens is 619 g/mol. The van der Waals surface area contributed by atoms with Crippen LogP contribution >= 0.6 is 11.6 Å². The lowest BCUT2D eigenvalue weighted by Gasteiger charge is -2.36. The molecule has 6 rings (SSSR count). The number of nitrogens with one attached hydrogen (secondary N) is 2. The highest BCUT2D eigenvalue weighted by Crippen LogP contribution is 2.36. The number of rotatable bonds is 5. The van der Waals surface area contributed by atoms with E-state index in [1.807, 2.05) is 4.90 Å². The zero-order valence-corrected chi connectivity index (χ0v) is 24.4. The van der Waals surface area contributed by atoms with Gasteiger partial charge in [-0.3, -0.25) is 23.9 Å². The number of halogens is 4. The van der Waals surface area contributed by atoms with Crippen LogP contribution in [-0.4, -0.2) is 90.0 Å². The van der Waals surface area contributed by atoms with Crippen LogP contribution in [0.2, 0.25) is 5.02 Å². The lowest BCUT2D eigenvalue weighted by Crippen LogP contribution is -2.51. The smallest absolute Gasteiger partial charge is 0.435 e. The van der Waals surface area contributed by atoms with Crippen molar-refractivity contribution in [2.75, 3.05) is 31.5 Å². The van der Waals surface area contributed by atoms with Crippen molar-refractivity contribution in [1.82, 2.24) is 34.4 Å². The number of fused-ring (bicyclic) bond motifs is 1. The van der Waals surface area contributed by atoms with Crippen LogP contribution < -0.4 is 11.1 Å². The molecule has 17 heteroatoms. The standard InChI is InChI=1S/C27H27ClF3N9O2.CH2O2/c28-20-12-17(3-4-18(20)26(42)39-9-7-38(8-10-39)25(41)15-1-2-16(32)11-15)36-23-24-34-14-21(40(24)6-5-33-23)19-13-35-37-22(19)27(29,30)31;2-1-3/h3-6,12-16H,1-2,7-11,32H2,(H,33,36)(H,35,37);1H,(H,2,3)/t15-,16+;/m0./s1. The molecule has 45 heavy (non-hydrogen) atoms. The molecule has 2 fully saturated rings. The number of nitrogens with zero attached hydrogens (tertiary/aromatic N) is 6. The van der Waals surface area contributed by atoms with Gasteiger partial charge >= 0.3 is 6.18 Å². The predicted octanol–water partition coefficient (Wildman–Crippen LogP) is 3.65. The number of hydrogen-bond acceptors (Lipinski definition) is 8. The molecule has 1 saturated carbocycles. The fraction of sp³-hybridized carbons (Fsp3) is 0.357. The molecular formula is C28H29ClF3N9O4. The van der Waals surface area contributed by atoms with E-state index in [9.17, 15) is 22.8 Å². The number of imidazole rings is 1. The molecule has 5 N–H and O–H groups in total. The van der Waals surface area contributed by atoms with Gasteiger partial charge in [-0.05, 0) is 37.5 Å². The van der Waals surface area contributed by atoms with E-state index < -0.39 is 11.9 Å². The van der Waals surface area contributed by atoms with Gasteiger partial charge in [0, 0.05) is 62.4 Å². The molecule has 0 spiro atoms. The highest BCUT2D eigenvalue weighted by atomic mass is 35.5. The molecule has 1 aromatic carbocycles. The molecule has 2 atom stereocenters. The van der Waals surface area contributed by atoms with Crippen molar-refractivity contribution in [2.45, 2.75) is 31.5 Å². The first-order chi connectivity index (χ1) is 21.5. The van der Waals surface area contributed by atoms with Crippen LogP contribution in [0.15, 0.2) is 43.0 Å². The van der Waals surface area contributed by atoms with E-state index in [1.165, 1.54) is 29.2 Å². The molecule has 1 aliphatic heterocycles. The van der Waals surface area contributed by atoms with Crippen molar-refractivity contribution < 1.29 is 32.7 Å². The Morgan fingerprint density at radius 2 is 1.84 bits per heavy atom. The van der Waals surface area contributed by atoms with E-state index in [1.54, 1.807) is 23.1 Å². The Bertz CT molecular complexity index is 1700. The summed E-state index contributed by atoms with van der Waals surface area (Å²) in [5.74, 6) is 0.121. The van der Waals surface area contributed by atoms with Gasteiger partial charge in [0.1, 0.15) is 0 Å². The van der Waals surface area contributed by atoms with Gasteiger partial charge in [0.2, 0.25) is 5.91 Å². The van der Waals surface area contributed by atoms with E-state index in [0.717, 1.165) is 12.8 Å². The van der Waals surface area contributed by atoms with E-state index >= 15 is 0 Å². The van der Waals surface area contributed by atoms with Gasteiger partial charge in [0.25, 0.3) is 12.4 Å². The summed E-state index contributed by atoms with van der Waals surface area (Å²) in [6.45, 7) is 1.47. The van der Waals surface area contributed by atoms with Crippen LogP contribution in [0.5, 0.6) is 0 Å². The molecule has 3 aromatic heterocycles. The van der Waals surface area contributed by atoms with Crippen molar-refractivity contribution in [3.63, 3.8) is 0 Å². The molecule has 0 radical (unpaired) electrons. The highest BCUT2D eigenvalue weighted by molar-refractivity contribution is 6.34. The number of carboxylic acid groups (broad SMARTS) is 1. The maximum absolute atomic E-state index is 13.4. The van der Waals surface area contributed by atoms with Gasteiger partial charge in [-0.25, -0.2) is 9.97 Å². The first-order valence-electron chi connectivity index (χ1n) is 13.9. The lowest BCUT2D eigenvalue weighted by atomic mass is 10.1. The number of nitrogens with two attached hydrogens (primary N) is 1. The number of aromatic amines is 1. The summed E-state index contributed by atoms with van der Waals surface area (Å²) >= 11 is 6.52. The predicted molar refractivity (Wildman–Crippen MR) is 157 cm³/mol. The Morgan fingerprint density at radius 1 is 1.13 bits per heavy atom. The monoisotopic (exact) mass is 647 g/mol. The minimum absolute atomic E-state index is 0.0337. The molecule has 13 nitrogen and oxygen atoms in total. The number of aromatic nitrogens is 5. The van der Waals surface area contributed by atoms with E-state index in [4.69, 9.17) is 27.2 Å². The molecule has 4 heterocycles. The molecule has 4 aromatic rings. The minimum atomic E-state index is -4.64. The summed E-state index contributed by atoms with van der Waals surface area (Å²) in [6, 6.07) is 4.92. The first kappa shape index (κ1) is 31.7. The molecule has 0 unspecified atom stereocenters. The normalized spacial score (nSPS) is 18.4. The molecule has 2 amide bonds. The molecule has 2 aliphatic rings. The van der Waals surface area contributed by atoms with E-state index in [0.29, 0.717) is 43.9 Å². The fourth-order valence-corrected chi connectivity index (χ4v) is 5.87. The number of benzene rings is 1. The quantitative estimate of drug-likeness (QED) is 0.236. The second-order valence-electron chi connectivity index (χ2n) is 10.6. The van der Waals surface area contributed by atoms with Gasteiger partial charge in [-0.1, -0.05) is 11.6 Å². The maximum Gasteiger partial charge on any atom is 0.435 e. The van der Waals surface area contributed by atoms with Gasteiger partial charge in [-0.15, -0.1) is 0 Å². The number of piperazine rings is 1. The highest BCUT2D eigenvalue weighted by Gasteiger charge is 2.38. The Hall–Kier alpha value is -4.70. The van der Waals surface area contributed by atoms with E-state index in [-0.39, 0.29) is 58.0 Å². The Kier molecular flexibility index (Phi) is 9.24. The van der Waals surface area contributed by atoms with Crippen molar-refractivity contribution in [2.24, 2.45) is 11.7 Å². The summed E-state index contributed by atoms with van der Waals surface area (Å²) in [7, 11) is 0. The van der Waals surface area contributed by atoms with Crippen molar-refractivity contribution >= 4 is 47.0 Å². The number of H-pyrrole nitrogens is 1. The zero-order chi connectivity index (χ0) is 32.3. The lowest BCUT2D eigenvalue weighted by molar-refractivity contribution is -0.140. The Balaban J connectivity index is 0.00000128. The Morgan fingerprint density at radius 3 is 2.49 bits per heavy atom.